The van der Waals surface area contributed by atoms with E-state index in [9.17, 15) is 9.59 Å². The Labute approximate surface area is 132 Å². The van der Waals surface area contributed by atoms with E-state index >= 15 is 0 Å². The number of ether oxygens (including phenoxy) is 2. The molecule has 2 fully saturated rings. The third kappa shape index (κ3) is 3.98. The lowest BCUT2D eigenvalue weighted by Gasteiger charge is -2.33. The number of hydrogen-bond acceptors (Lipinski definition) is 5. The van der Waals surface area contributed by atoms with Gasteiger partial charge < -0.3 is 14.4 Å². The number of esters is 1. The van der Waals surface area contributed by atoms with Gasteiger partial charge in [-0.15, -0.1) is 0 Å². The normalized spacial score (nSPS) is 26.9. The number of likely N-dealkylation sites (N-methyl/N-ethyl adjacent to an activating group) is 1. The summed E-state index contributed by atoms with van der Waals surface area (Å²) in [6, 6.07) is -0.0303. The maximum absolute atomic E-state index is 12.5. The van der Waals surface area contributed by atoms with Gasteiger partial charge in [-0.25, -0.2) is 0 Å². The monoisotopic (exact) mass is 312 g/mol. The van der Waals surface area contributed by atoms with Gasteiger partial charge in [0.1, 0.15) is 6.04 Å². The highest BCUT2D eigenvalue weighted by Crippen LogP contribution is 2.24. The third-order valence-electron chi connectivity index (χ3n) is 5.03. The minimum atomic E-state index is -0.376. The molecule has 0 bridgehead atoms. The fraction of sp³-hybridized carbons (Fsp3) is 0.875. The lowest BCUT2D eigenvalue weighted by atomic mass is 9.94. The SMILES string of the molecule is COC(=O)[C@@H]1C[C@H](OC)CN1CC(=O)N(C)C1CCCCC1. The molecule has 6 heteroatoms. The molecule has 22 heavy (non-hydrogen) atoms. The summed E-state index contributed by atoms with van der Waals surface area (Å²) in [5.41, 5.74) is 0. The average Bonchev–Trinajstić information content (AvgIpc) is 2.97. The van der Waals surface area contributed by atoms with Gasteiger partial charge in [-0.3, -0.25) is 14.5 Å². The van der Waals surface area contributed by atoms with Crippen LogP contribution in [0.3, 0.4) is 0 Å². The Morgan fingerprint density at radius 1 is 1.18 bits per heavy atom. The van der Waals surface area contributed by atoms with E-state index in [1.54, 1.807) is 7.11 Å². The first-order chi connectivity index (χ1) is 10.6. The number of carbonyl (C=O) groups excluding carboxylic acids is 2. The third-order valence-corrected chi connectivity index (χ3v) is 5.03. The standard InChI is InChI=1S/C16H28N2O4/c1-17(12-7-5-4-6-8-12)15(19)11-18-10-13(21-2)9-14(18)16(20)22-3/h12-14H,4-11H2,1-3H3/t13-,14-/m0/s1. The first-order valence-corrected chi connectivity index (χ1v) is 8.17. The van der Waals surface area contributed by atoms with Gasteiger partial charge in [-0.05, 0) is 12.8 Å². The summed E-state index contributed by atoms with van der Waals surface area (Å²) in [6.45, 7) is 0.854. The van der Waals surface area contributed by atoms with Crippen molar-refractivity contribution in [1.29, 1.82) is 0 Å². The van der Waals surface area contributed by atoms with Gasteiger partial charge in [0.05, 0.1) is 19.8 Å². The van der Waals surface area contributed by atoms with E-state index < -0.39 is 0 Å². The molecule has 1 saturated heterocycles. The molecule has 1 heterocycles. The van der Waals surface area contributed by atoms with E-state index in [-0.39, 0.29) is 30.6 Å². The zero-order valence-electron chi connectivity index (χ0n) is 13.9. The van der Waals surface area contributed by atoms with E-state index in [1.807, 2.05) is 16.8 Å². The van der Waals surface area contributed by atoms with Crippen LogP contribution >= 0.6 is 0 Å². The van der Waals surface area contributed by atoms with Gasteiger partial charge in [0.25, 0.3) is 0 Å². The zero-order valence-corrected chi connectivity index (χ0v) is 13.9. The van der Waals surface area contributed by atoms with Crippen molar-refractivity contribution in [2.24, 2.45) is 0 Å². The summed E-state index contributed by atoms with van der Waals surface area (Å²) in [5.74, 6) is -0.203. The average molecular weight is 312 g/mol. The number of amides is 1. The maximum atomic E-state index is 12.5. The Morgan fingerprint density at radius 3 is 2.45 bits per heavy atom. The molecule has 126 valence electrons. The van der Waals surface area contributed by atoms with Crippen LogP contribution in [-0.2, 0) is 19.1 Å². The first-order valence-electron chi connectivity index (χ1n) is 8.17. The van der Waals surface area contributed by atoms with Crippen LogP contribution in [0.2, 0.25) is 0 Å². The quantitative estimate of drug-likeness (QED) is 0.710. The molecule has 1 aliphatic carbocycles. The van der Waals surface area contributed by atoms with Crippen LogP contribution in [0.4, 0.5) is 0 Å². The second-order valence-corrected chi connectivity index (χ2v) is 6.36. The van der Waals surface area contributed by atoms with Crippen molar-refractivity contribution in [3.63, 3.8) is 0 Å². The van der Waals surface area contributed by atoms with E-state index in [0.29, 0.717) is 19.0 Å². The predicted octanol–water partition coefficient (Wildman–Crippen LogP) is 1.04. The van der Waals surface area contributed by atoms with Crippen molar-refractivity contribution in [2.45, 2.75) is 56.7 Å². The fourth-order valence-electron chi connectivity index (χ4n) is 3.55. The van der Waals surface area contributed by atoms with Crippen LogP contribution in [0.25, 0.3) is 0 Å². The van der Waals surface area contributed by atoms with Gasteiger partial charge in [0, 0.05) is 33.2 Å². The summed E-state index contributed by atoms with van der Waals surface area (Å²) in [5, 5.41) is 0. The second kappa shape index (κ2) is 7.92. The Kier molecular flexibility index (Phi) is 6.20. The Hall–Kier alpha value is -1.14. The molecule has 0 aromatic heterocycles. The molecule has 0 aromatic carbocycles. The fourth-order valence-corrected chi connectivity index (χ4v) is 3.55. The van der Waals surface area contributed by atoms with Crippen LogP contribution in [0.1, 0.15) is 38.5 Å². The molecule has 2 rings (SSSR count). The van der Waals surface area contributed by atoms with Crippen molar-refractivity contribution >= 4 is 11.9 Å². The van der Waals surface area contributed by atoms with Crippen LogP contribution < -0.4 is 0 Å². The van der Waals surface area contributed by atoms with Gasteiger partial charge in [-0.1, -0.05) is 19.3 Å². The lowest BCUT2D eigenvalue weighted by Crippen LogP contribution is -2.47. The molecule has 0 N–H and O–H groups in total. The summed E-state index contributed by atoms with van der Waals surface area (Å²) in [6.07, 6.45) is 6.41. The molecule has 0 unspecified atom stereocenters. The van der Waals surface area contributed by atoms with E-state index in [4.69, 9.17) is 9.47 Å². The van der Waals surface area contributed by atoms with E-state index in [2.05, 4.69) is 0 Å². The minimum Gasteiger partial charge on any atom is -0.468 e. The van der Waals surface area contributed by atoms with Gasteiger partial charge in [0.15, 0.2) is 0 Å². The maximum Gasteiger partial charge on any atom is 0.323 e. The summed E-state index contributed by atoms with van der Waals surface area (Å²) in [7, 11) is 4.91. The molecular weight excluding hydrogens is 284 g/mol. The molecule has 1 aliphatic heterocycles. The van der Waals surface area contributed by atoms with Gasteiger partial charge in [0.2, 0.25) is 5.91 Å². The number of hydrogen-bond donors (Lipinski definition) is 0. The highest BCUT2D eigenvalue weighted by atomic mass is 16.5. The topological polar surface area (TPSA) is 59.1 Å². The van der Waals surface area contributed by atoms with Gasteiger partial charge >= 0.3 is 5.97 Å². The molecule has 2 atom stereocenters. The summed E-state index contributed by atoms with van der Waals surface area (Å²) in [4.78, 5) is 28.2. The van der Waals surface area contributed by atoms with Crippen molar-refractivity contribution in [1.82, 2.24) is 9.80 Å². The first kappa shape index (κ1) is 17.2. The van der Waals surface area contributed by atoms with Crippen LogP contribution in [0, 0.1) is 0 Å². The number of nitrogens with zero attached hydrogens (tertiary/aromatic N) is 2. The summed E-state index contributed by atoms with van der Waals surface area (Å²) >= 11 is 0. The number of rotatable bonds is 5. The van der Waals surface area contributed by atoms with Crippen LogP contribution in [0.15, 0.2) is 0 Å². The molecule has 0 aromatic rings. The number of carbonyl (C=O) groups is 2. The summed E-state index contributed by atoms with van der Waals surface area (Å²) < 4.78 is 10.2. The number of likely N-dealkylation sites (tertiary alicyclic amines) is 1. The molecule has 6 nitrogen and oxygen atoms in total. The smallest absolute Gasteiger partial charge is 0.323 e. The second-order valence-electron chi connectivity index (χ2n) is 6.36. The molecule has 0 spiro atoms. The van der Waals surface area contributed by atoms with Crippen molar-refractivity contribution in [2.75, 3.05) is 34.4 Å². The van der Waals surface area contributed by atoms with Crippen molar-refractivity contribution < 1.29 is 19.1 Å². The highest BCUT2D eigenvalue weighted by Gasteiger charge is 2.39. The Balaban J connectivity index is 1.94. The number of methoxy groups -OCH3 is 2. The van der Waals surface area contributed by atoms with Crippen LogP contribution in [-0.4, -0.2) is 74.2 Å². The molecule has 2 aliphatic rings. The Bertz CT molecular complexity index is 396. The lowest BCUT2D eigenvalue weighted by molar-refractivity contribution is -0.147. The van der Waals surface area contributed by atoms with E-state index in [0.717, 1.165) is 12.8 Å². The predicted molar refractivity (Wildman–Crippen MR) is 82.4 cm³/mol. The zero-order chi connectivity index (χ0) is 16.1. The molecular formula is C16H28N2O4. The van der Waals surface area contributed by atoms with E-state index in [1.165, 1.54) is 26.4 Å². The highest BCUT2D eigenvalue weighted by molar-refractivity contribution is 5.81. The molecule has 1 amide bonds. The van der Waals surface area contributed by atoms with Crippen molar-refractivity contribution in [3.05, 3.63) is 0 Å². The largest absolute Gasteiger partial charge is 0.468 e. The van der Waals surface area contributed by atoms with Crippen LogP contribution in [0.5, 0.6) is 0 Å². The van der Waals surface area contributed by atoms with Crippen molar-refractivity contribution in [3.8, 4) is 0 Å². The Morgan fingerprint density at radius 2 is 1.86 bits per heavy atom. The minimum absolute atomic E-state index is 0.0168. The molecule has 0 radical (unpaired) electrons. The molecule has 1 saturated carbocycles. The van der Waals surface area contributed by atoms with Gasteiger partial charge in [-0.2, -0.15) is 0 Å².